The third kappa shape index (κ3) is 4.10. The summed E-state index contributed by atoms with van der Waals surface area (Å²) < 4.78 is 11.8. The third-order valence-electron chi connectivity index (χ3n) is 0.426. The highest BCUT2D eigenvalue weighted by molar-refractivity contribution is 6.20. The maximum absolute atomic E-state index is 11.8. The molecule has 0 spiro atoms. The highest BCUT2D eigenvalue weighted by atomic mass is 35.5. The van der Waals surface area contributed by atoms with Crippen molar-refractivity contribution in [2.75, 3.05) is 11.8 Å². The number of hydrogen-bond acceptors (Lipinski definition) is 0. The minimum absolute atomic E-state index is 0.0767. The van der Waals surface area contributed by atoms with Crippen LogP contribution >= 0.6 is 23.2 Å². The molecular formula is C4H5Cl2F. The first-order valence-corrected chi connectivity index (χ1v) is 2.84. The molecule has 0 saturated carbocycles. The van der Waals surface area contributed by atoms with Crippen LogP contribution in [0.4, 0.5) is 4.39 Å². The first-order valence-electron chi connectivity index (χ1n) is 1.77. The van der Waals surface area contributed by atoms with Crippen molar-refractivity contribution in [2.45, 2.75) is 0 Å². The summed E-state index contributed by atoms with van der Waals surface area (Å²) in [5.74, 6) is -0.248. The minimum Gasteiger partial charge on any atom is -0.211 e. The van der Waals surface area contributed by atoms with Gasteiger partial charge in [-0.2, -0.15) is 0 Å². The molecule has 0 aliphatic heterocycles. The SMILES string of the molecule is FC(=CCCl)CCl. The molecule has 0 aromatic heterocycles. The molecule has 42 valence electrons. The van der Waals surface area contributed by atoms with E-state index >= 15 is 0 Å². The van der Waals surface area contributed by atoms with E-state index in [0.717, 1.165) is 0 Å². The molecule has 0 atom stereocenters. The fraction of sp³-hybridized carbons (Fsp3) is 0.500. The molecule has 0 aromatic rings. The summed E-state index contributed by atoms with van der Waals surface area (Å²) in [5.41, 5.74) is 0. The van der Waals surface area contributed by atoms with E-state index in [1.807, 2.05) is 0 Å². The largest absolute Gasteiger partial charge is 0.211 e. The summed E-state index contributed by atoms with van der Waals surface area (Å²) in [6.45, 7) is 0. The number of allylic oxidation sites excluding steroid dienone is 2. The van der Waals surface area contributed by atoms with E-state index in [1.54, 1.807) is 0 Å². The van der Waals surface area contributed by atoms with Crippen molar-refractivity contribution in [3.05, 3.63) is 11.9 Å². The molecular weight excluding hydrogens is 138 g/mol. The number of halogens is 3. The zero-order chi connectivity index (χ0) is 5.70. The number of rotatable bonds is 2. The van der Waals surface area contributed by atoms with Gasteiger partial charge < -0.3 is 0 Å². The summed E-state index contributed by atoms with van der Waals surface area (Å²) >= 11 is 10.1. The molecule has 0 radical (unpaired) electrons. The second kappa shape index (κ2) is 4.41. The van der Waals surface area contributed by atoms with Gasteiger partial charge in [-0.05, 0) is 6.08 Å². The second-order valence-electron chi connectivity index (χ2n) is 0.939. The maximum atomic E-state index is 11.8. The standard InChI is InChI=1S/C4H5Cl2F/c5-2-1-4(7)3-6/h1H,2-3H2. The highest BCUT2D eigenvalue weighted by Gasteiger charge is 1.85. The van der Waals surface area contributed by atoms with Crippen LogP contribution in [-0.4, -0.2) is 11.8 Å². The Balaban J connectivity index is 3.29. The Kier molecular flexibility index (Phi) is 4.57. The van der Waals surface area contributed by atoms with Crippen molar-refractivity contribution in [2.24, 2.45) is 0 Å². The van der Waals surface area contributed by atoms with E-state index in [4.69, 9.17) is 23.2 Å². The smallest absolute Gasteiger partial charge is 0.112 e. The fourth-order valence-corrected chi connectivity index (χ4v) is 0.415. The van der Waals surface area contributed by atoms with Gasteiger partial charge in [0.25, 0.3) is 0 Å². The predicted molar refractivity (Wildman–Crippen MR) is 30.6 cm³/mol. The van der Waals surface area contributed by atoms with Crippen molar-refractivity contribution in [1.29, 1.82) is 0 Å². The van der Waals surface area contributed by atoms with Crippen LogP contribution in [-0.2, 0) is 0 Å². The number of hydrogen-bond donors (Lipinski definition) is 0. The van der Waals surface area contributed by atoms with Gasteiger partial charge in [-0.25, -0.2) is 4.39 Å². The van der Waals surface area contributed by atoms with Gasteiger partial charge in [-0.1, -0.05) is 0 Å². The van der Waals surface area contributed by atoms with Crippen LogP contribution in [0.25, 0.3) is 0 Å². The van der Waals surface area contributed by atoms with Gasteiger partial charge >= 0.3 is 0 Å². The van der Waals surface area contributed by atoms with Crippen LogP contribution in [0.2, 0.25) is 0 Å². The van der Waals surface area contributed by atoms with E-state index < -0.39 is 0 Å². The van der Waals surface area contributed by atoms with E-state index in [9.17, 15) is 4.39 Å². The lowest BCUT2D eigenvalue weighted by molar-refractivity contribution is 0.641. The Hall–Kier alpha value is 0.250. The van der Waals surface area contributed by atoms with Gasteiger partial charge in [0, 0.05) is 5.88 Å². The fourth-order valence-electron chi connectivity index (χ4n) is 0.138. The van der Waals surface area contributed by atoms with Crippen molar-refractivity contribution < 1.29 is 4.39 Å². The molecule has 0 aliphatic carbocycles. The lowest BCUT2D eigenvalue weighted by Crippen LogP contribution is -1.72. The lowest BCUT2D eigenvalue weighted by atomic mass is 10.5. The second-order valence-corrected chi connectivity index (χ2v) is 1.51. The molecule has 0 amide bonds. The summed E-state index contributed by atoms with van der Waals surface area (Å²) in [4.78, 5) is 0. The monoisotopic (exact) mass is 142 g/mol. The first kappa shape index (κ1) is 7.25. The van der Waals surface area contributed by atoms with Gasteiger partial charge in [0.2, 0.25) is 0 Å². The van der Waals surface area contributed by atoms with E-state index in [1.165, 1.54) is 6.08 Å². The molecule has 0 saturated heterocycles. The average Bonchev–Trinajstić information content (AvgIpc) is 1.68. The van der Waals surface area contributed by atoms with Gasteiger partial charge in [0.05, 0.1) is 5.88 Å². The molecule has 0 bridgehead atoms. The Morgan fingerprint density at radius 2 is 2.14 bits per heavy atom. The molecule has 0 fully saturated rings. The quantitative estimate of drug-likeness (QED) is 0.520. The first-order chi connectivity index (χ1) is 3.31. The molecule has 0 nitrogen and oxygen atoms in total. The van der Waals surface area contributed by atoms with Crippen LogP contribution in [0.5, 0.6) is 0 Å². The van der Waals surface area contributed by atoms with Crippen molar-refractivity contribution in [3.8, 4) is 0 Å². The normalized spacial score (nSPS) is 12.1. The predicted octanol–water partition coefficient (Wildman–Crippen LogP) is 2.32. The van der Waals surface area contributed by atoms with Crippen molar-refractivity contribution in [1.82, 2.24) is 0 Å². The Labute approximate surface area is 51.9 Å². The van der Waals surface area contributed by atoms with E-state index in [2.05, 4.69) is 0 Å². The van der Waals surface area contributed by atoms with Crippen LogP contribution < -0.4 is 0 Å². The maximum Gasteiger partial charge on any atom is 0.112 e. The van der Waals surface area contributed by atoms with Crippen molar-refractivity contribution in [3.63, 3.8) is 0 Å². The minimum atomic E-state index is -0.364. The Morgan fingerprint density at radius 1 is 1.57 bits per heavy atom. The lowest BCUT2D eigenvalue weighted by Gasteiger charge is -1.81. The van der Waals surface area contributed by atoms with Crippen LogP contribution in [0, 0.1) is 0 Å². The molecule has 0 heterocycles. The van der Waals surface area contributed by atoms with Gasteiger partial charge in [-0.15, -0.1) is 23.2 Å². The van der Waals surface area contributed by atoms with E-state index in [-0.39, 0.29) is 17.6 Å². The molecule has 7 heavy (non-hydrogen) atoms. The Bertz CT molecular complexity index is 70.1. The van der Waals surface area contributed by atoms with Gasteiger partial charge in [0.1, 0.15) is 5.83 Å². The molecule has 0 unspecified atom stereocenters. The van der Waals surface area contributed by atoms with Crippen LogP contribution in [0.15, 0.2) is 11.9 Å². The summed E-state index contributed by atoms with van der Waals surface area (Å²) in [6, 6.07) is 0. The molecule has 0 aromatic carbocycles. The average molecular weight is 143 g/mol. The highest BCUT2D eigenvalue weighted by Crippen LogP contribution is 1.97. The Morgan fingerprint density at radius 3 is 2.29 bits per heavy atom. The summed E-state index contributed by atoms with van der Waals surface area (Å²) in [7, 11) is 0. The van der Waals surface area contributed by atoms with Gasteiger partial charge in [-0.3, -0.25) is 0 Å². The zero-order valence-electron chi connectivity index (χ0n) is 3.63. The van der Waals surface area contributed by atoms with Gasteiger partial charge in [0.15, 0.2) is 0 Å². The zero-order valence-corrected chi connectivity index (χ0v) is 5.14. The van der Waals surface area contributed by atoms with Crippen LogP contribution in [0.3, 0.4) is 0 Å². The molecule has 0 N–H and O–H groups in total. The topological polar surface area (TPSA) is 0 Å². The molecule has 0 aliphatic rings. The third-order valence-corrected chi connectivity index (χ3v) is 0.836. The number of alkyl halides is 2. The van der Waals surface area contributed by atoms with E-state index in [0.29, 0.717) is 0 Å². The molecule has 0 rings (SSSR count). The molecule has 3 heteroatoms. The summed E-state index contributed by atoms with van der Waals surface area (Å²) in [6.07, 6.45) is 1.23. The summed E-state index contributed by atoms with van der Waals surface area (Å²) in [5, 5.41) is 0. The van der Waals surface area contributed by atoms with Crippen LogP contribution in [0.1, 0.15) is 0 Å². The van der Waals surface area contributed by atoms with Crippen molar-refractivity contribution >= 4 is 23.2 Å².